The summed E-state index contributed by atoms with van der Waals surface area (Å²) in [5, 5.41) is 9.91. The fourth-order valence-electron chi connectivity index (χ4n) is 3.23. The van der Waals surface area contributed by atoms with E-state index in [1.165, 1.54) is 5.56 Å². The molecular weight excluding hydrogens is 499 g/mol. The summed E-state index contributed by atoms with van der Waals surface area (Å²) >= 11 is 1.69. The summed E-state index contributed by atoms with van der Waals surface area (Å²) in [5.41, 5.74) is 3.38. The SMILES string of the molecule is CCNC(=NCc1cc2c(cc1OCC)CC(C)O2)NCCc1csc(C)n1.I. The Morgan fingerprint density at radius 2 is 2.17 bits per heavy atom. The average Bonchev–Trinajstić information content (AvgIpc) is 3.23. The van der Waals surface area contributed by atoms with Crippen LogP contribution in [0, 0.1) is 6.92 Å². The third-order valence-electron chi connectivity index (χ3n) is 4.47. The molecule has 160 valence electrons. The molecule has 0 spiro atoms. The molecule has 1 unspecified atom stereocenters. The summed E-state index contributed by atoms with van der Waals surface area (Å²) in [6, 6.07) is 4.19. The van der Waals surface area contributed by atoms with E-state index in [9.17, 15) is 0 Å². The van der Waals surface area contributed by atoms with Gasteiger partial charge in [0.2, 0.25) is 0 Å². The highest BCUT2D eigenvalue weighted by atomic mass is 127. The number of thiazole rings is 1. The summed E-state index contributed by atoms with van der Waals surface area (Å²) in [4.78, 5) is 9.25. The number of halogens is 1. The van der Waals surface area contributed by atoms with E-state index in [0.29, 0.717) is 13.2 Å². The molecule has 6 nitrogen and oxygen atoms in total. The van der Waals surface area contributed by atoms with E-state index in [-0.39, 0.29) is 30.1 Å². The van der Waals surface area contributed by atoms with Crippen LogP contribution >= 0.6 is 35.3 Å². The highest BCUT2D eigenvalue weighted by molar-refractivity contribution is 14.0. The second kappa shape index (κ2) is 11.6. The van der Waals surface area contributed by atoms with Crippen LogP contribution < -0.4 is 20.1 Å². The molecule has 2 aromatic rings. The highest BCUT2D eigenvalue weighted by Gasteiger charge is 2.21. The Hall–Kier alpha value is -1.55. The van der Waals surface area contributed by atoms with Gasteiger partial charge in [-0.3, -0.25) is 0 Å². The standard InChI is InChI=1S/C21H30N4O2S.HI/c1-5-22-21(23-8-7-18-13-28-15(4)25-18)24-12-17-11-20-16(9-14(3)27-20)10-19(17)26-6-2;/h10-11,13-14H,5-9,12H2,1-4H3,(H2,22,23,24);1H. The van der Waals surface area contributed by atoms with E-state index in [1.807, 2.05) is 13.8 Å². The van der Waals surface area contributed by atoms with Crippen molar-refractivity contribution in [3.05, 3.63) is 39.3 Å². The molecule has 0 amide bonds. The predicted octanol–water partition coefficient (Wildman–Crippen LogP) is 4.09. The smallest absolute Gasteiger partial charge is 0.191 e. The number of benzene rings is 1. The molecule has 1 aliphatic heterocycles. The Morgan fingerprint density at radius 1 is 1.34 bits per heavy atom. The molecule has 2 N–H and O–H groups in total. The van der Waals surface area contributed by atoms with Gasteiger partial charge in [-0.15, -0.1) is 35.3 Å². The molecule has 0 bridgehead atoms. The van der Waals surface area contributed by atoms with Crippen molar-refractivity contribution in [2.75, 3.05) is 19.7 Å². The highest BCUT2D eigenvalue weighted by Crippen LogP contribution is 2.35. The zero-order valence-corrected chi connectivity index (χ0v) is 20.7. The number of aromatic nitrogens is 1. The molecule has 1 atom stereocenters. The minimum atomic E-state index is 0. The molecule has 1 aliphatic rings. The van der Waals surface area contributed by atoms with E-state index < -0.39 is 0 Å². The maximum absolute atomic E-state index is 5.91. The van der Waals surface area contributed by atoms with Crippen LogP contribution in [0.2, 0.25) is 0 Å². The lowest BCUT2D eigenvalue weighted by molar-refractivity contribution is 0.254. The van der Waals surface area contributed by atoms with Crippen molar-refractivity contribution in [2.45, 2.75) is 53.2 Å². The minimum Gasteiger partial charge on any atom is -0.494 e. The van der Waals surface area contributed by atoms with E-state index in [2.05, 4.69) is 47.0 Å². The van der Waals surface area contributed by atoms with Crippen LogP contribution in [-0.4, -0.2) is 36.7 Å². The van der Waals surface area contributed by atoms with E-state index in [1.54, 1.807) is 11.3 Å². The topological polar surface area (TPSA) is 67.8 Å². The van der Waals surface area contributed by atoms with E-state index in [0.717, 1.165) is 59.7 Å². The third kappa shape index (κ3) is 6.74. The monoisotopic (exact) mass is 530 g/mol. The molecule has 0 radical (unpaired) electrons. The van der Waals surface area contributed by atoms with Crippen LogP contribution in [0.1, 0.15) is 42.6 Å². The molecule has 0 saturated heterocycles. The number of fused-ring (bicyclic) bond motifs is 1. The van der Waals surface area contributed by atoms with Gasteiger partial charge in [-0.05, 0) is 39.8 Å². The van der Waals surface area contributed by atoms with Gasteiger partial charge in [-0.25, -0.2) is 9.98 Å². The summed E-state index contributed by atoms with van der Waals surface area (Å²) in [6.07, 6.45) is 2.03. The Labute approximate surface area is 194 Å². The van der Waals surface area contributed by atoms with Gasteiger partial charge in [-0.2, -0.15) is 0 Å². The number of aliphatic imine (C=N–C) groups is 1. The number of ether oxygens (including phenoxy) is 2. The van der Waals surface area contributed by atoms with Crippen LogP contribution in [-0.2, 0) is 19.4 Å². The minimum absolute atomic E-state index is 0. The largest absolute Gasteiger partial charge is 0.494 e. The Morgan fingerprint density at radius 3 is 2.86 bits per heavy atom. The molecule has 0 fully saturated rings. The summed E-state index contributed by atoms with van der Waals surface area (Å²) in [6.45, 7) is 11.0. The molecular formula is C21H31IN4O2S. The molecule has 8 heteroatoms. The van der Waals surface area contributed by atoms with Crippen molar-refractivity contribution in [2.24, 2.45) is 4.99 Å². The number of rotatable bonds is 8. The van der Waals surface area contributed by atoms with Gasteiger partial charge in [0.1, 0.15) is 17.6 Å². The lowest BCUT2D eigenvalue weighted by Crippen LogP contribution is -2.38. The predicted molar refractivity (Wildman–Crippen MR) is 130 cm³/mol. The van der Waals surface area contributed by atoms with Gasteiger partial charge in [-0.1, -0.05) is 0 Å². The van der Waals surface area contributed by atoms with Crippen molar-refractivity contribution in [3.8, 4) is 11.5 Å². The van der Waals surface area contributed by atoms with Gasteiger partial charge >= 0.3 is 0 Å². The first-order valence-electron chi connectivity index (χ1n) is 9.97. The first kappa shape index (κ1) is 23.7. The van der Waals surface area contributed by atoms with Gasteiger partial charge in [0.05, 0.1) is 23.9 Å². The normalized spacial score (nSPS) is 15.3. The van der Waals surface area contributed by atoms with Crippen LogP contribution in [0.4, 0.5) is 0 Å². The fourth-order valence-corrected chi connectivity index (χ4v) is 3.88. The number of nitrogens with one attached hydrogen (secondary N) is 2. The van der Waals surface area contributed by atoms with Gasteiger partial charge in [0, 0.05) is 42.4 Å². The number of hydrogen-bond donors (Lipinski definition) is 2. The van der Waals surface area contributed by atoms with Gasteiger partial charge < -0.3 is 20.1 Å². The molecule has 2 heterocycles. The third-order valence-corrected chi connectivity index (χ3v) is 5.29. The molecule has 29 heavy (non-hydrogen) atoms. The quantitative estimate of drug-likeness (QED) is 0.306. The molecule has 0 saturated carbocycles. The Bertz CT molecular complexity index is 825. The Balaban J connectivity index is 0.00000300. The maximum Gasteiger partial charge on any atom is 0.191 e. The lowest BCUT2D eigenvalue weighted by Gasteiger charge is -2.13. The van der Waals surface area contributed by atoms with Crippen LogP contribution in [0.15, 0.2) is 22.5 Å². The van der Waals surface area contributed by atoms with Crippen molar-refractivity contribution in [3.63, 3.8) is 0 Å². The number of aryl methyl sites for hydroxylation is 1. The lowest BCUT2D eigenvalue weighted by atomic mass is 10.1. The van der Waals surface area contributed by atoms with Crippen molar-refractivity contribution < 1.29 is 9.47 Å². The van der Waals surface area contributed by atoms with Crippen LogP contribution in [0.5, 0.6) is 11.5 Å². The number of guanidine groups is 1. The molecule has 1 aromatic heterocycles. The number of nitrogens with zero attached hydrogens (tertiary/aromatic N) is 2. The molecule has 0 aliphatic carbocycles. The Kier molecular flexibility index (Phi) is 9.48. The zero-order valence-electron chi connectivity index (χ0n) is 17.6. The van der Waals surface area contributed by atoms with Gasteiger partial charge in [0.15, 0.2) is 5.96 Å². The van der Waals surface area contributed by atoms with Crippen LogP contribution in [0.3, 0.4) is 0 Å². The van der Waals surface area contributed by atoms with Crippen LogP contribution in [0.25, 0.3) is 0 Å². The first-order chi connectivity index (χ1) is 13.6. The molecule has 3 rings (SSSR count). The van der Waals surface area contributed by atoms with E-state index in [4.69, 9.17) is 14.5 Å². The summed E-state index contributed by atoms with van der Waals surface area (Å²) in [5.74, 6) is 2.65. The number of hydrogen-bond acceptors (Lipinski definition) is 5. The molecule has 1 aromatic carbocycles. The van der Waals surface area contributed by atoms with Crippen molar-refractivity contribution >= 4 is 41.3 Å². The average molecular weight is 530 g/mol. The maximum atomic E-state index is 5.91. The zero-order chi connectivity index (χ0) is 19.9. The second-order valence-corrected chi connectivity index (χ2v) is 7.93. The fraction of sp³-hybridized carbons (Fsp3) is 0.524. The van der Waals surface area contributed by atoms with Crippen molar-refractivity contribution in [1.82, 2.24) is 15.6 Å². The summed E-state index contributed by atoms with van der Waals surface area (Å²) < 4.78 is 11.8. The van der Waals surface area contributed by atoms with Gasteiger partial charge in [0.25, 0.3) is 0 Å². The first-order valence-corrected chi connectivity index (χ1v) is 10.9. The summed E-state index contributed by atoms with van der Waals surface area (Å²) in [7, 11) is 0. The van der Waals surface area contributed by atoms with Crippen molar-refractivity contribution in [1.29, 1.82) is 0 Å². The second-order valence-electron chi connectivity index (χ2n) is 6.86. The van der Waals surface area contributed by atoms with E-state index >= 15 is 0 Å².